The van der Waals surface area contributed by atoms with E-state index in [1.807, 2.05) is 43.9 Å². The second-order valence-electron chi connectivity index (χ2n) is 10.4. The number of aryl methyl sites for hydroxylation is 1. The van der Waals surface area contributed by atoms with Crippen LogP contribution in [0, 0.1) is 24.1 Å². The van der Waals surface area contributed by atoms with Crippen molar-refractivity contribution >= 4 is 11.8 Å². The van der Waals surface area contributed by atoms with Crippen LogP contribution < -0.4 is 5.32 Å². The number of rotatable bonds is 5. The van der Waals surface area contributed by atoms with E-state index in [-0.39, 0.29) is 29.0 Å². The Balaban J connectivity index is 1.45. The van der Waals surface area contributed by atoms with Crippen molar-refractivity contribution in [1.82, 2.24) is 20.1 Å². The van der Waals surface area contributed by atoms with Gasteiger partial charge in [0.05, 0.1) is 0 Å². The predicted molar refractivity (Wildman–Crippen MR) is 130 cm³/mol. The lowest BCUT2D eigenvalue weighted by molar-refractivity contribution is -0.136. The van der Waals surface area contributed by atoms with E-state index in [4.69, 9.17) is 0 Å². The zero-order valence-corrected chi connectivity index (χ0v) is 20.6. The van der Waals surface area contributed by atoms with Gasteiger partial charge < -0.3 is 15.1 Å². The zero-order chi connectivity index (χ0) is 24.5. The Morgan fingerprint density at radius 1 is 1.15 bits per heavy atom. The summed E-state index contributed by atoms with van der Waals surface area (Å²) in [5.41, 5.74) is 2.52. The van der Waals surface area contributed by atoms with Gasteiger partial charge >= 0.3 is 0 Å². The van der Waals surface area contributed by atoms with E-state index in [2.05, 4.69) is 22.2 Å². The maximum atomic E-state index is 13.5. The molecule has 0 saturated carbocycles. The van der Waals surface area contributed by atoms with Crippen LogP contribution in [0.5, 0.6) is 0 Å². The van der Waals surface area contributed by atoms with Crippen LogP contribution in [0.25, 0.3) is 0 Å². The van der Waals surface area contributed by atoms with Crippen molar-refractivity contribution < 1.29 is 14.0 Å². The molecule has 7 heteroatoms. The molecule has 4 rings (SSSR count). The lowest BCUT2D eigenvalue weighted by atomic mass is 9.68. The highest BCUT2D eigenvalue weighted by Crippen LogP contribution is 2.49. The van der Waals surface area contributed by atoms with E-state index in [0.717, 1.165) is 31.5 Å². The number of piperidine rings is 1. The van der Waals surface area contributed by atoms with E-state index < -0.39 is 6.04 Å². The molecule has 2 fully saturated rings. The number of carbonyl (C=O) groups excluding carboxylic acids is 2. The average molecular weight is 467 g/mol. The molecule has 2 amide bonds. The van der Waals surface area contributed by atoms with Crippen LogP contribution in [0.1, 0.15) is 54.2 Å². The molecule has 6 nitrogen and oxygen atoms in total. The number of amides is 2. The first-order chi connectivity index (χ1) is 16.2. The summed E-state index contributed by atoms with van der Waals surface area (Å²) in [4.78, 5) is 34.7. The standard InChI is InChI=1S/C27H35FN4O2/c1-18(2)24(30-25(33)23-15-19(3)9-12-29-23)26(34)32-13-10-27(11-14-32)17-31(4)16-22(27)20-5-7-21(28)8-6-20/h5-9,12,15,18,22,24H,10-11,13-14,16-17H2,1-4H3,(H,30,33)/t22-,24+/m0/s1. The van der Waals surface area contributed by atoms with Gasteiger partial charge in [0.2, 0.25) is 5.91 Å². The number of nitrogens with one attached hydrogen (secondary N) is 1. The molecule has 2 aliphatic rings. The molecule has 0 aliphatic carbocycles. The number of likely N-dealkylation sites (tertiary alicyclic amines) is 2. The van der Waals surface area contributed by atoms with Crippen LogP contribution in [0.2, 0.25) is 0 Å². The third-order valence-electron chi connectivity index (χ3n) is 7.53. The number of nitrogens with zero attached hydrogens (tertiary/aromatic N) is 3. The van der Waals surface area contributed by atoms with Gasteiger partial charge in [0.1, 0.15) is 17.6 Å². The fraction of sp³-hybridized carbons (Fsp3) is 0.519. The summed E-state index contributed by atoms with van der Waals surface area (Å²) in [7, 11) is 2.13. The number of hydrogen-bond donors (Lipinski definition) is 1. The molecular formula is C27H35FN4O2. The molecule has 2 saturated heterocycles. The molecule has 34 heavy (non-hydrogen) atoms. The highest BCUT2D eigenvalue weighted by molar-refractivity contribution is 5.96. The maximum Gasteiger partial charge on any atom is 0.270 e. The minimum atomic E-state index is -0.594. The molecule has 1 N–H and O–H groups in total. The van der Waals surface area contributed by atoms with Crippen molar-refractivity contribution in [2.24, 2.45) is 11.3 Å². The van der Waals surface area contributed by atoms with Crippen molar-refractivity contribution in [3.8, 4) is 0 Å². The van der Waals surface area contributed by atoms with Crippen molar-refractivity contribution in [2.45, 2.75) is 45.6 Å². The molecule has 1 aromatic carbocycles. The number of halogens is 1. The van der Waals surface area contributed by atoms with E-state index in [1.165, 1.54) is 5.56 Å². The first kappa shape index (κ1) is 24.3. The van der Waals surface area contributed by atoms with Crippen molar-refractivity contribution in [2.75, 3.05) is 33.2 Å². The van der Waals surface area contributed by atoms with Gasteiger partial charge in [-0.3, -0.25) is 14.6 Å². The summed E-state index contributed by atoms with van der Waals surface area (Å²) in [5, 5.41) is 2.93. The molecule has 0 unspecified atom stereocenters. The molecule has 182 valence electrons. The third-order valence-corrected chi connectivity index (χ3v) is 7.53. The third kappa shape index (κ3) is 4.99. The topological polar surface area (TPSA) is 65.5 Å². The van der Waals surface area contributed by atoms with Crippen molar-refractivity contribution in [1.29, 1.82) is 0 Å². The van der Waals surface area contributed by atoms with Gasteiger partial charge in [-0.2, -0.15) is 0 Å². The van der Waals surface area contributed by atoms with E-state index >= 15 is 0 Å². The smallest absolute Gasteiger partial charge is 0.270 e. The van der Waals surface area contributed by atoms with Crippen LogP contribution >= 0.6 is 0 Å². The molecule has 2 aromatic rings. The summed E-state index contributed by atoms with van der Waals surface area (Å²) in [6.45, 7) is 9.04. The van der Waals surface area contributed by atoms with Gasteiger partial charge in [0, 0.05) is 38.3 Å². The van der Waals surface area contributed by atoms with Crippen LogP contribution in [-0.2, 0) is 4.79 Å². The van der Waals surface area contributed by atoms with Gasteiger partial charge in [0.15, 0.2) is 0 Å². The Bertz CT molecular complexity index is 1030. The minimum absolute atomic E-state index is 0.0319. The predicted octanol–water partition coefficient (Wildman–Crippen LogP) is 3.62. The zero-order valence-electron chi connectivity index (χ0n) is 20.6. The van der Waals surface area contributed by atoms with Crippen LogP contribution in [0.3, 0.4) is 0 Å². The average Bonchev–Trinajstić information content (AvgIpc) is 3.13. The quantitative estimate of drug-likeness (QED) is 0.731. The first-order valence-corrected chi connectivity index (χ1v) is 12.1. The summed E-state index contributed by atoms with van der Waals surface area (Å²) in [6.07, 6.45) is 3.39. The highest BCUT2D eigenvalue weighted by atomic mass is 19.1. The molecule has 1 aromatic heterocycles. The first-order valence-electron chi connectivity index (χ1n) is 12.1. The maximum absolute atomic E-state index is 13.5. The molecule has 1 spiro atoms. The van der Waals surface area contributed by atoms with Gasteiger partial charge in [0.25, 0.3) is 5.91 Å². The number of hydrogen-bond acceptors (Lipinski definition) is 4. The molecule has 2 aliphatic heterocycles. The van der Waals surface area contributed by atoms with Gasteiger partial charge in [-0.05, 0) is 73.5 Å². The summed E-state index contributed by atoms with van der Waals surface area (Å²) >= 11 is 0. The van der Waals surface area contributed by atoms with E-state index in [1.54, 1.807) is 24.4 Å². The number of likely N-dealkylation sites (N-methyl/N-ethyl adjacent to an activating group) is 1. The second-order valence-corrected chi connectivity index (χ2v) is 10.4. The monoisotopic (exact) mass is 466 g/mol. The van der Waals surface area contributed by atoms with Gasteiger partial charge in [-0.15, -0.1) is 0 Å². The summed E-state index contributed by atoms with van der Waals surface area (Å²) in [6, 6.07) is 9.87. The van der Waals surface area contributed by atoms with Crippen LogP contribution in [-0.4, -0.2) is 65.9 Å². The number of carbonyl (C=O) groups is 2. The number of aromatic nitrogens is 1. The Kier molecular flexibility index (Phi) is 7.03. The number of benzene rings is 1. The highest BCUT2D eigenvalue weighted by Gasteiger charge is 2.48. The van der Waals surface area contributed by atoms with E-state index in [9.17, 15) is 14.0 Å². The summed E-state index contributed by atoms with van der Waals surface area (Å²) in [5.74, 6) is -0.286. The van der Waals surface area contributed by atoms with Crippen molar-refractivity contribution in [3.05, 3.63) is 65.2 Å². The fourth-order valence-electron chi connectivity index (χ4n) is 5.64. The van der Waals surface area contributed by atoms with Crippen molar-refractivity contribution in [3.63, 3.8) is 0 Å². The Hall–Kier alpha value is -2.80. The molecule has 0 radical (unpaired) electrons. The molecular weight excluding hydrogens is 431 g/mol. The Labute approximate surface area is 201 Å². The lowest BCUT2D eigenvalue weighted by Gasteiger charge is -2.44. The SMILES string of the molecule is Cc1ccnc(C(=O)N[C@@H](C(=O)N2CCC3(CC2)CN(C)C[C@H]3c2ccc(F)cc2)C(C)C)c1. The lowest BCUT2D eigenvalue weighted by Crippen LogP contribution is -2.54. The molecule has 0 bridgehead atoms. The summed E-state index contributed by atoms with van der Waals surface area (Å²) < 4.78 is 13.5. The fourth-order valence-corrected chi connectivity index (χ4v) is 5.64. The van der Waals surface area contributed by atoms with E-state index in [0.29, 0.717) is 24.7 Å². The largest absolute Gasteiger partial charge is 0.341 e. The van der Waals surface area contributed by atoms with Gasteiger partial charge in [-0.1, -0.05) is 26.0 Å². The molecule has 3 heterocycles. The van der Waals surface area contributed by atoms with Crippen LogP contribution in [0.4, 0.5) is 4.39 Å². The minimum Gasteiger partial charge on any atom is -0.341 e. The number of pyridine rings is 1. The normalized spacial score (nSPS) is 21.1. The Morgan fingerprint density at radius 3 is 2.44 bits per heavy atom. The van der Waals surface area contributed by atoms with Crippen LogP contribution in [0.15, 0.2) is 42.6 Å². The van der Waals surface area contributed by atoms with Gasteiger partial charge in [-0.25, -0.2) is 4.39 Å². The second kappa shape index (κ2) is 9.82. The molecule has 2 atom stereocenters. The Morgan fingerprint density at radius 2 is 1.82 bits per heavy atom.